The predicted octanol–water partition coefficient (Wildman–Crippen LogP) is 1.50. The molecule has 1 saturated carbocycles. The van der Waals surface area contributed by atoms with Crippen molar-refractivity contribution in [3.63, 3.8) is 0 Å². The molecule has 1 N–H and O–H groups in total. The van der Waals surface area contributed by atoms with E-state index in [1.807, 2.05) is 4.90 Å². The summed E-state index contributed by atoms with van der Waals surface area (Å²) < 4.78 is 0. The first kappa shape index (κ1) is 11.4. The highest BCUT2D eigenvalue weighted by Gasteiger charge is 2.36. The Kier molecular flexibility index (Phi) is 3.17. The number of likely N-dealkylation sites (tertiary alicyclic amines) is 1. The Morgan fingerprint density at radius 3 is 2.69 bits per heavy atom. The molecule has 2 aliphatic rings. The number of amides is 1. The van der Waals surface area contributed by atoms with Crippen LogP contribution in [-0.2, 0) is 9.59 Å². The van der Waals surface area contributed by atoms with Gasteiger partial charge in [-0.05, 0) is 31.6 Å². The standard InChI is InChI=1S/C12H19NO3/c1-8-2-4-10(6-8)13-7-9(12(15)16)3-5-11(13)14/h8-10H,2-7H2,1H3,(H,15,16). The molecule has 0 bridgehead atoms. The molecule has 0 aromatic carbocycles. The maximum atomic E-state index is 11.8. The van der Waals surface area contributed by atoms with Crippen LogP contribution in [0.1, 0.15) is 39.0 Å². The monoisotopic (exact) mass is 225 g/mol. The molecule has 16 heavy (non-hydrogen) atoms. The predicted molar refractivity (Wildman–Crippen MR) is 58.9 cm³/mol. The molecule has 1 amide bonds. The molecule has 3 atom stereocenters. The molecule has 0 spiro atoms. The van der Waals surface area contributed by atoms with Crippen molar-refractivity contribution in [2.75, 3.05) is 6.54 Å². The molecule has 2 fully saturated rings. The average Bonchev–Trinajstić information content (AvgIpc) is 2.65. The third-order valence-corrected chi connectivity index (χ3v) is 3.90. The minimum Gasteiger partial charge on any atom is -0.481 e. The Balaban J connectivity index is 2.01. The number of aliphatic carboxylic acids is 1. The molecule has 4 nitrogen and oxygen atoms in total. The summed E-state index contributed by atoms with van der Waals surface area (Å²) >= 11 is 0. The fraction of sp³-hybridized carbons (Fsp3) is 0.833. The van der Waals surface area contributed by atoms with Gasteiger partial charge < -0.3 is 10.0 Å². The molecule has 1 heterocycles. The van der Waals surface area contributed by atoms with Crippen molar-refractivity contribution in [1.29, 1.82) is 0 Å². The minimum absolute atomic E-state index is 0.150. The van der Waals surface area contributed by atoms with Crippen LogP contribution >= 0.6 is 0 Å². The molecular formula is C12H19NO3. The first-order valence-corrected chi connectivity index (χ1v) is 6.10. The van der Waals surface area contributed by atoms with Crippen molar-refractivity contribution in [3.05, 3.63) is 0 Å². The van der Waals surface area contributed by atoms with Crippen molar-refractivity contribution in [3.8, 4) is 0 Å². The maximum Gasteiger partial charge on any atom is 0.308 e. The van der Waals surface area contributed by atoms with Gasteiger partial charge in [-0.3, -0.25) is 9.59 Å². The number of carboxylic acid groups (broad SMARTS) is 1. The molecule has 1 aliphatic carbocycles. The van der Waals surface area contributed by atoms with Crippen molar-refractivity contribution in [1.82, 2.24) is 4.90 Å². The Hall–Kier alpha value is -1.06. The number of carbonyl (C=O) groups excluding carboxylic acids is 1. The Bertz CT molecular complexity index is 303. The van der Waals surface area contributed by atoms with Gasteiger partial charge in [-0.2, -0.15) is 0 Å². The third-order valence-electron chi connectivity index (χ3n) is 3.90. The fourth-order valence-corrected chi connectivity index (χ4v) is 2.89. The second-order valence-corrected chi connectivity index (χ2v) is 5.19. The summed E-state index contributed by atoms with van der Waals surface area (Å²) in [5.41, 5.74) is 0. The van der Waals surface area contributed by atoms with Gasteiger partial charge in [0.25, 0.3) is 0 Å². The van der Waals surface area contributed by atoms with Crippen LogP contribution in [0.2, 0.25) is 0 Å². The van der Waals surface area contributed by atoms with Gasteiger partial charge in [-0.25, -0.2) is 0 Å². The summed E-state index contributed by atoms with van der Waals surface area (Å²) in [6.45, 7) is 2.62. The Morgan fingerprint density at radius 1 is 1.38 bits per heavy atom. The van der Waals surface area contributed by atoms with Gasteiger partial charge in [0.2, 0.25) is 5.91 Å². The van der Waals surface area contributed by atoms with E-state index in [0.717, 1.165) is 19.3 Å². The number of carbonyl (C=O) groups is 2. The van der Waals surface area contributed by atoms with Crippen molar-refractivity contribution < 1.29 is 14.7 Å². The van der Waals surface area contributed by atoms with Crippen LogP contribution in [0.25, 0.3) is 0 Å². The van der Waals surface area contributed by atoms with Crippen molar-refractivity contribution in [2.24, 2.45) is 11.8 Å². The number of piperidine rings is 1. The lowest BCUT2D eigenvalue weighted by molar-refractivity contribution is -0.148. The second-order valence-electron chi connectivity index (χ2n) is 5.19. The van der Waals surface area contributed by atoms with Crippen LogP contribution in [0.3, 0.4) is 0 Å². The highest BCUT2D eigenvalue weighted by molar-refractivity contribution is 5.80. The third kappa shape index (κ3) is 2.20. The average molecular weight is 225 g/mol. The van der Waals surface area contributed by atoms with Gasteiger partial charge in [0.1, 0.15) is 0 Å². The quantitative estimate of drug-likeness (QED) is 0.774. The number of carboxylic acids is 1. The lowest BCUT2D eigenvalue weighted by Gasteiger charge is -2.35. The summed E-state index contributed by atoms with van der Waals surface area (Å²) in [6, 6.07) is 0.296. The highest BCUT2D eigenvalue weighted by Crippen LogP contribution is 2.32. The molecule has 1 saturated heterocycles. The van der Waals surface area contributed by atoms with E-state index < -0.39 is 5.97 Å². The zero-order valence-electron chi connectivity index (χ0n) is 9.69. The van der Waals surface area contributed by atoms with E-state index in [2.05, 4.69) is 6.92 Å². The summed E-state index contributed by atoms with van der Waals surface area (Å²) in [7, 11) is 0. The first-order valence-electron chi connectivity index (χ1n) is 6.10. The summed E-state index contributed by atoms with van der Waals surface area (Å²) in [5.74, 6) is -0.295. The van der Waals surface area contributed by atoms with Crippen LogP contribution in [-0.4, -0.2) is 34.5 Å². The number of hydrogen-bond acceptors (Lipinski definition) is 2. The molecule has 0 aromatic rings. The number of hydrogen-bond donors (Lipinski definition) is 1. The largest absolute Gasteiger partial charge is 0.481 e. The van der Waals surface area contributed by atoms with Gasteiger partial charge in [-0.1, -0.05) is 6.92 Å². The van der Waals surface area contributed by atoms with Crippen LogP contribution in [0.4, 0.5) is 0 Å². The molecule has 3 unspecified atom stereocenters. The van der Waals surface area contributed by atoms with Crippen molar-refractivity contribution in [2.45, 2.75) is 45.1 Å². The van der Waals surface area contributed by atoms with E-state index in [1.54, 1.807) is 0 Å². The molecule has 1 aliphatic heterocycles. The zero-order chi connectivity index (χ0) is 11.7. The highest BCUT2D eigenvalue weighted by atomic mass is 16.4. The van der Waals surface area contributed by atoms with Crippen LogP contribution < -0.4 is 0 Å². The normalized spacial score (nSPS) is 35.4. The topological polar surface area (TPSA) is 57.6 Å². The molecule has 2 rings (SSSR count). The van der Waals surface area contributed by atoms with Crippen molar-refractivity contribution >= 4 is 11.9 Å². The number of rotatable bonds is 2. The molecule has 0 radical (unpaired) electrons. The maximum absolute atomic E-state index is 11.8. The van der Waals surface area contributed by atoms with Gasteiger partial charge in [0, 0.05) is 19.0 Å². The van der Waals surface area contributed by atoms with E-state index in [4.69, 9.17) is 5.11 Å². The fourth-order valence-electron chi connectivity index (χ4n) is 2.89. The molecular weight excluding hydrogens is 206 g/mol. The Morgan fingerprint density at radius 2 is 2.12 bits per heavy atom. The lowest BCUT2D eigenvalue weighted by atomic mass is 9.96. The van der Waals surface area contributed by atoms with Gasteiger partial charge in [0.05, 0.1) is 5.92 Å². The number of nitrogens with zero attached hydrogens (tertiary/aromatic N) is 1. The van der Waals surface area contributed by atoms with Gasteiger partial charge >= 0.3 is 5.97 Å². The summed E-state index contributed by atoms with van der Waals surface area (Å²) in [5, 5.41) is 9.00. The van der Waals surface area contributed by atoms with Crippen LogP contribution in [0, 0.1) is 11.8 Å². The first-order chi connectivity index (χ1) is 7.58. The molecule has 90 valence electrons. The minimum atomic E-state index is -0.761. The lowest BCUT2D eigenvalue weighted by Crippen LogP contribution is -2.47. The van der Waals surface area contributed by atoms with Gasteiger partial charge in [0.15, 0.2) is 0 Å². The van der Waals surface area contributed by atoms with Crippen LogP contribution in [0.15, 0.2) is 0 Å². The summed E-state index contributed by atoms with van der Waals surface area (Å²) in [6.07, 6.45) is 4.15. The van der Waals surface area contributed by atoms with E-state index in [9.17, 15) is 9.59 Å². The van der Waals surface area contributed by atoms with E-state index in [1.165, 1.54) is 0 Å². The van der Waals surface area contributed by atoms with E-state index >= 15 is 0 Å². The zero-order valence-corrected chi connectivity index (χ0v) is 9.69. The van der Waals surface area contributed by atoms with Crippen LogP contribution in [0.5, 0.6) is 0 Å². The molecule has 4 heteroatoms. The second kappa shape index (κ2) is 4.44. The van der Waals surface area contributed by atoms with E-state index in [0.29, 0.717) is 31.3 Å². The summed E-state index contributed by atoms with van der Waals surface area (Å²) in [4.78, 5) is 24.6. The van der Waals surface area contributed by atoms with E-state index in [-0.39, 0.29) is 11.8 Å². The van der Waals surface area contributed by atoms with Gasteiger partial charge in [-0.15, -0.1) is 0 Å². The SMILES string of the molecule is CC1CCC(N2CC(C(=O)O)CCC2=O)C1. The Labute approximate surface area is 95.6 Å². The smallest absolute Gasteiger partial charge is 0.308 e. The molecule has 0 aromatic heterocycles.